The molecule has 1 atom stereocenters. The van der Waals surface area contributed by atoms with Gasteiger partial charge in [0.2, 0.25) is 0 Å². The van der Waals surface area contributed by atoms with Gasteiger partial charge in [-0.25, -0.2) is 4.79 Å². The predicted molar refractivity (Wildman–Crippen MR) is 110 cm³/mol. The molecule has 1 aliphatic rings. The van der Waals surface area contributed by atoms with Gasteiger partial charge in [-0.2, -0.15) is 0 Å². The number of amides is 1. The molecule has 1 fully saturated rings. The van der Waals surface area contributed by atoms with Gasteiger partial charge in [0.15, 0.2) is 0 Å². The monoisotopic (exact) mass is 391 g/mol. The van der Waals surface area contributed by atoms with E-state index in [0.717, 1.165) is 17.7 Å². The van der Waals surface area contributed by atoms with E-state index in [0.29, 0.717) is 25.9 Å². The van der Waals surface area contributed by atoms with E-state index in [1.54, 1.807) is 12.0 Å². The number of nitrogens with one attached hydrogen (secondary N) is 1. The van der Waals surface area contributed by atoms with Gasteiger partial charge in [-0.1, -0.05) is 0 Å². The highest BCUT2D eigenvalue weighted by Gasteiger charge is 2.43. The molecule has 0 saturated carbocycles. The molecule has 0 spiro atoms. The normalized spacial score (nSPS) is 17.6. The van der Waals surface area contributed by atoms with Crippen molar-refractivity contribution in [3.05, 3.63) is 24.3 Å². The van der Waals surface area contributed by atoms with Crippen LogP contribution >= 0.6 is 0 Å². The summed E-state index contributed by atoms with van der Waals surface area (Å²) in [5, 5.41) is 3.24. The number of piperidine rings is 1. The second-order valence-electron chi connectivity index (χ2n) is 8.22. The molecule has 0 aromatic heterocycles. The quantitative estimate of drug-likeness (QED) is 0.594. The minimum absolute atomic E-state index is 0.0633. The number of aldehydes is 1. The zero-order chi connectivity index (χ0) is 20.9. The number of benzene rings is 1. The third kappa shape index (κ3) is 4.95. The standard InChI is InChI=1S/C21H33N3O4/c1-16(22-5)24(17-7-9-18(27-6)10-8-17)21(15-25)11-13-23(14-12-21)19(26)28-20(2,3)4/h7-10,15-16,22H,11-14H2,1-6H3. The number of carbonyl (C=O) groups excluding carboxylic acids is 2. The Labute approximate surface area is 168 Å². The summed E-state index contributed by atoms with van der Waals surface area (Å²) in [5.41, 5.74) is -0.304. The lowest BCUT2D eigenvalue weighted by Crippen LogP contribution is -2.62. The first-order valence-corrected chi connectivity index (χ1v) is 9.71. The molecule has 0 bridgehead atoms. The van der Waals surface area contributed by atoms with Crippen molar-refractivity contribution in [2.75, 3.05) is 32.1 Å². The van der Waals surface area contributed by atoms with Gasteiger partial charge in [-0.3, -0.25) is 0 Å². The fourth-order valence-electron chi connectivity index (χ4n) is 3.56. The summed E-state index contributed by atoms with van der Waals surface area (Å²) in [7, 11) is 3.50. The smallest absolute Gasteiger partial charge is 0.410 e. The van der Waals surface area contributed by atoms with E-state index >= 15 is 0 Å². The molecule has 1 heterocycles. The van der Waals surface area contributed by atoms with Gasteiger partial charge in [-0.05, 0) is 71.8 Å². The second kappa shape index (κ2) is 8.82. The van der Waals surface area contributed by atoms with Crippen LogP contribution in [0.4, 0.5) is 10.5 Å². The summed E-state index contributed by atoms with van der Waals surface area (Å²) >= 11 is 0. The molecule has 1 N–H and O–H groups in total. The minimum atomic E-state index is -0.699. The van der Waals surface area contributed by atoms with Gasteiger partial charge in [0, 0.05) is 18.8 Å². The largest absolute Gasteiger partial charge is 0.497 e. The zero-order valence-electron chi connectivity index (χ0n) is 17.8. The van der Waals surface area contributed by atoms with Crippen molar-refractivity contribution in [3.8, 4) is 5.75 Å². The maximum absolute atomic E-state index is 12.4. The molecule has 7 nitrogen and oxygen atoms in total. The molecule has 1 aliphatic heterocycles. The average Bonchev–Trinajstić information content (AvgIpc) is 2.67. The van der Waals surface area contributed by atoms with Crippen LogP contribution < -0.4 is 15.0 Å². The number of methoxy groups -OCH3 is 1. The molecular weight excluding hydrogens is 358 g/mol. The van der Waals surface area contributed by atoms with E-state index in [2.05, 4.69) is 10.2 Å². The van der Waals surface area contributed by atoms with Gasteiger partial charge < -0.3 is 29.4 Å². The van der Waals surface area contributed by atoms with E-state index in [1.165, 1.54) is 0 Å². The zero-order valence-corrected chi connectivity index (χ0v) is 17.8. The predicted octanol–water partition coefficient (Wildman–Crippen LogP) is 3.04. The number of hydrogen-bond acceptors (Lipinski definition) is 6. The van der Waals surface area contributed by atoms with E-state index in [1.807, 2.05) is 59.0 Å². The molecule has 2 rings (SSSR count). The summed E-state index contributed by atoms with van der Waals surface area (Å²) in [4.78, 5) is 28.5. The van der Waals surface area contributed by atoms with Gasteiger partial charge in [0.1, 0.15) is 23.2 Å². The highest BCUT2D eigenvalue weighted by Crippen LogP contribution is 2.34. The van der Waals surface area contributed by atoms with Crippen molar-refractivity contribution in [1.29, 1.82) is 0 Å². The Balaban J connectivity index is 2.24. The molecule has 7 heteroatoms. The maximum atomic E-state index is 12.4. The van der Waals surface area contributed by atoms with Crippen molar-refractivity contribution in [2.24, 2.45) is 0 Å². The molecule has 1 aromatic carbocycles. The molecule has 1 aromatic rings. The Bertz CT molecular complexity index is 661. The second-order valence-corrected chi connectivity index (χ2v) is 8.22. The third-order valence-electron chi connectivity index (χ3n) is 5.14. The maximum Gasteiger partial charge on any atom is 0.410 e. The summed E-state index contributed by atoms with van der Waals surface area (Å²) in [6, 6.07) is 7.69. The average molecular weight is 392 g/mol. The molecule has 0 radical (unpaired) electrons. The molecule has 1 unspecified atom stereocenters. The van der Waals surface area contributed by atoms with Crippen LogP contribution in [0.3, 0.4) is 0 Å². The number of rotatable bonds is 6. The van der Waals surface area contributed by atoms with E-state index in [4.69, 9.17) is 9.47 Å². The first-order chi connectivity index (χ1) is 13.2. The van der Waals surface area contributed by atoms with Crippen molar-refractivity contribution in [1.82, 2.24) is 10.2 Å². The third-order valence-corrected chi connectivity index (χ3v) is 5.14. The highest BCUT2D eigenvalue weighted by molar-refractivity contribution is 5.75. The summed E-state index contributed by atoms with van der Waals surface area (Å²) in [5.74, 6) is 0.765. The number of hydrogen-bond donors (Lipinski definition) is 1. The lowest BCUT2D eigenvalue weighted by molar-refractivity contribution is -0.114. The molecule has 0 aliphatic carbocycles. The molecule has 1 saturated heterocycles. The first-order valence-electron chi connectivity index (χ1n) is 9.71. The lowest BCUT2D eigenvalue weighted by atomic mass is 9.86. The number of ether oxygens (including phenoxy) is 2. The van der Waals surface area contributed by atoms with Gasteiger partial charge in [-0.15, -0.1) is 0 Å². The molecule has 156 valence electrons. The van der Waals surface area contributed by atoms with Crippen molar-refractivity contribution in [3.63, 3.8) is 0 Å². The van der Waals surface area contributed by atoms with E-state index < -0.39 is 11.1 Å². The number of likely N-dealkylation sites (tertiary alicyclic amines) is 1. The van der Waals surface area contributed by atoms with Crippen LogP contribution in [-0.4, -0.2) is 61.8 Å². The van der Waals surface area contributed by atoms with Crippen LogP contribution in [0, 0.1) is 0 Å². The van der Waals surface area contributed by atoms with Gasteiger partial charge >= 0.3 is 6.09 Å². The summed E-state index contributed by atoms with van der Waals surface area (Å²) < 4.78 is 10.7. The molecular formula is C21H33N3O4. The van der Waals surface area contributed by atoms with Crippen LogP contribution in [0.25, 0.3) is 0 Å². The fourth-order valence-corrected chi connectivity index (χ4v) is 3.56. The van der Waals surface area contributed by atoms with E-state index in [-0.39, 0.29) is 12.3 Å². The van der Waals surface area contributed by atoms with Crippen LogP contribution in [-0.2, 0) is 9.53 Å². The molecule has 28 heavy (non-hydrogen) atoms. The Kier molecular flexibility index (Phi) is 6.93. The van der Waals surface area contributed by atoms with Crippen molar-refractivity contribution in [2.45, 2.75) is 57.8 Å². The summed E-state index contributed by atoms with van der Waals surface area (Å²) in [6.07, 6.45) is 1.70. The highest BCUT2D eigenvalue weighted by atomic mass is 16.6. The Hall–Kier alpha value is -2.28. The van der Waals surface area contributed by atoms with Crippen molar-refractivity contribution >= 4 is 18.1 Å². The summed E-state index contributed by atoms with van der Waals surface area (Å²) in [6.45, 7) is 8.52. The minimum Gasteiger partial charge on any atom is -0.497 e. The fraction of sp³-hybridized carbons (Fsp3) is 0.619. The van der Waals surface area contributed by atoms with Crippen LogP contribution in [0.2, 0.25) is 0 Å². The Morgan fingerprint density at radius 1 is 1.25 bits per heavy atom. The van der Waals surface area contributed by atoms with Gasteiger partial charge in [0.25, 0.3) is 0 Å². The lowest BCUT2D eigenvalue weighted by Gasteiger charge is -2.49. The SMILES string of the molecule is CNC(C)N(c1ccc(OC)cc1)C1(C=O)CCN(C(=O)OC(C)(C)C)CC1. The topological polar surface area (TPSA) is 71.1 Å². The van der Waals surface area contributed by atoms with Gasteiger partial charge in [0.05, 0.1) is 13.3 Å². The van der Waals surface area contributed by atoms with Crippen LogP contribution in [0.1, 0.15) is 40.5 Å². The van der Waals surface area contributed by atoms with Crippen LogP contribution in [0.5, 0.6) is 5.75 Å². The Morgan fingerprint density at radius 2 is 1.82 bits per heavy atom. The number of nitrogens with zero attached hydrogens (tertiary/aromatic N) is 2. The van der Waals surface area contributed by atoms with E-state index in [9.17, 15) is 9.59 Å². The van der Waals surface area contributed by atoms with Crippen molar-refractivity contribution < 1.29 is 19.1 Å². The molecule has 1 amide bonds. The Morgan fingerprint density at radius 3 is 2.25 bits per heavy atom. The number of carbonyl (C=O) groups is 2. The first kappa shape index (κ1) is 22.0. The number of anilines is 1. The van der Waals surface area contributed by atoms with Crippen LogP contribution in [0.15, 0.2) is 24.3 Å².